The molecular weight excluding hydrogens is 358 g/mol. The molecule has 3 N–H and O–H groups in total. The molecule has 0 radical (unpaired) electrons. The summed E-state index contributed by atoms with van der Waals surface area (Å²) < 4.78 is 0. The Kier molecular flexibility index (Phi) is 7.47. The van der Waals surface area contributed by atoms with Crippen LogP contribution in [0.4, 0.5) is 0 Å². The number of aliphatic hydroxyl groups excluding tert-OH is 1. The highest BCUT2D eigenvalue weighted by atomic mass is 16.3. The Hall–Kier alpha value is -1.72. The van der Waals surface area contributed by atoms with Gasteiger partial charge in [-0.25, -0.2) is 0 Å². The maximum absolute atomic E-state index is 10.5. The van der Waals surface area contributed by atoms with Crippen molar-refractivity contribution in [2.75, 3.05) is 32.7 Å². The molecule has 0 amide bonds. The summed E-state index contributed by atoms with van der Waals surface area (Å²) in [5.74, 6) is 0. The van der Waals surface area contributed by atoms with Gasteiger partial charge in [0.05, 0.1) is 6.10 Å². The molecule has 1 aliphatic heterocycles. The lowest BCUT2D eigenvalue weighted by Crippen LogP contribution is -2.51. The lowest BCUT2D eigenvalue weighted by Gasteiger charge is -2.36. The van der Waals surface area contributed by atoms with Crippen LogP contribution in [-0.4, -0.2) is 59.8 Å². The molecule has 0 unspecified atom stereocenters. The SMILES string of the molecule is CC(C)(C)c1ccc(CN2CCN(C[C@H](O)[C@@H](N)Cc3ccccc3)CC2)cc1. The summed E-state index contributed by atoms with van der Waals surface area (Å²) in [4.78, 5) is 4.84. The van der Waals surface area contributed by atoms with Crippen LogP contribution in [0.5, 0.6) is 0 Å². The fourth-order valence-corrected chi connectivity index (χ4v) is 3.92. The molecule has 1 heterocycles. The van der Waals surface area contributed by atoms with E-state index < -0.39 is 6.10 Å². The minimum atomic E-state index is -0.494. The van der Waals surface area contributed by atoms with Crippen molar-refractivity contribution in [3.8, 4) is 0 Å². The number of nitrogens with zero attached hydrogens (tertiary/aromatic N) is 2. The summed E-state index contributed by atoms with van der Waals surface area (Å²) in [7, 11) is 0. The summed E-state index contributed by atoms with van der Waals surface area (Å²) in [5.41, 5.74) is 10.4. The van der Waals surface area contributed by atoms with E-state index in [9.17, 15) is 5.11 Å². The number of β-amino-alcohol motifs (C(OH)–C–C–N with tert-alkyl or cyclic N) is 1. The third kappa shape index (κ3) is 6.65. The van der Waals surface area contributed by atoms with Gasteiger partial charge in [-0.15, -0.1) is 0 Å². The van der Waals surface area contributed by atoms with Gasteiger partial charge in [0.15, 0.2) is 0 Å². The number of rotatable bonds is 7. The van der Waals surface area contributed by atoms with Gasteiger partial charge in [0.2, 0.25) is 0 Å². The monoisotopic (exact) mass is 395 g/mol. The van der Waals surface area contributed by atoms with Crippen LogP contribution >= 0.6 is 0 Å². The van der Waals surface area contributed by atoms with Gasteiger partial charge >= 0.3 is 0 Å². The van der Waals surface area contributed by atoms with E-state index >= 15 is 0 Å². The molecule has 4 nitrogen and oxygen atoms in total. The Morgan fingerprint density at radius 1 is 0.862 bits per heavy atom. The van der Waals surface area contributed by atoms with Crippen molar-refractivity contribution in [2.24, 2.45) is 5.73 Å². The molecule has 0 aliphatic carbocycles. The van der Waals surface area contributed by atoms with Crippen molar-refractivity contribution in [1.29, 1.82) is 0 Å². The Morgan fingerprint density at radius 2 is 1.45 bits per heavy atom. The standard InChI is InChI=1S/C25H37N3O/c1-25(2,3)22-11-9-21(10-12-22)18-27-13-15-28(16-14-27)19-24(29)23(26)17-20-7-5-4-6-8-20/h4-12,23-24,29H,13-19,26H2,1-3H3/t23-,24-/m0/s1. The van der Waals surface area contributed by atoms with E-state index in [1.165, 1.54) is 16.7 Å². The number of hydrogen-bond acceptors (Lipinski definition) is 4. The lowest BCUT2D eigenvalue weighted by atomic mass is 9.87. The molecule has 3 rings (SSSR count). The molecule has 0 spiro atoms. The first-order valence-electron chi connectivity index (χ1n) is 10.8. The highest BCUT2D eigenvalue weighted by Gasteiger charge is 2.23. The minimum Gasteiger partial charge on any atom is -0.390 e. The lowest BCUT2D eigenvalue weighted by molar-refractivity contribution is 0.0579. The number of piperazine rings is 1. The van der Waals surface area contributed by atoms with Crippen molar-refractivity contribution in [3.63, 3.8) is 0 Å². The second kappa shape index (κ2) is 9.86. The summed E-state index contributed by atoms with van der Waals surface area (Å²) in [6, 6.07) is 19.0. The van der Waals surface area contributed by atoms with E-state index in [-0.39, 0.29) is 11.5 Å². The molecule has 0 saturated carbocycles. The number of nitrogens with two attached hydrogens (primary N) is 1. The fourth-order valence-electron chi connectivity index (χ4n) is 3.92. The molecule has 2 aromatic rings. The molecule has 4 heteroatoms. The Balaban J connectivity index is 1.42. The van der Waals surface area contributed by atoms with E-state index in [1.54, 1.807) is 0 Å². The van der Waals surface area contributed by atoms with Crippen molar-refractivity contribution < 1.29 is 5.11 Å². The predicted octanol–water partition coefficient (Wildman–Crippen LogP) is 3.03. The third-order valence-electron chi connectivity index (χ3n) is 5.94. The Labute approximate surface area is 176 Å². The molecule has 1 aliphatic rings. The topological polar surface area (TPSA) is 52.7 Å². The van der Waals surface area contributed by atoms with Crippen LogP contribution in [0.15, 0.2) is 54.6 Å². The van der Waals surface area contributed by atoms with E-state index in [4.69, 9.17) is 5.73 Å². The molecule has 2 aromatic carbocycles. The van der Waals surface area contributed by atoms with Gasteiger partial charge in [-0.1, -0.05) is 75.4 Å². The first-order chi connectivity index (χ1) is 13.8. The number of benzene rings is 2. The number of aliphatic hydroxyl groups is 1. The Bertz CT molecular complexity index is 731. The maximum Gasteiger partial charge on any atom is 0.0820 e. The summed E-state index contributed by atoms with van der Waals surface area (Å²) in [6.45, 7) is 12.4. The minimum absolute atomic E-state index is 0.201. The number of hydrogen-bond donors (Lipinski definition) is 2. The molecule has 1 saturated heterocycles. The smallest absolute Gasteiger partial charge is 0.0820 e. The van der Waals surface area contributed by atoms with Crippen molar-refractivity contribution >= 4 is 0 Å². The third-order valence-corrected chi connectivity index (χ3v) is 5.94. The second-order valence-corrected chi connectivity index (χ2v) is 9.44. The van der Waals surface area contributed by atoms with Crippen molar-refractivity contribution in [1.82, 2.24) is 9.80 Å². The van der Waals surface area contributed by atoms with Crippen LogP contribution in [0.3, 0.4) is 0 Å². The van der Waals surface area contributed by atoms with Gasteiger partial charge in [0.25, 0.3) is 0 Å². The molecular formula is C25H37N3O. The average molecular weight is 396 g/mol. The van der Waals surface area contributed by atoms with E-state index in [0.717, 1.165) is 32.7 Å². The first-order valence-corrected chi connectivity index (χ1v) is 10.8. The van der Waals surface area contributed by atoms with Crippen LogP contribution in [0.1, 0.15) is 37.5 Å². The van der Waals surface area contributed by atoms with Gasteiger partial charge in [-0.05, 0) is 28.5 Å². The maximum atomic E-state index is 10.5. The highest BCUT2D eigenvalue weighted by Crippen LogP contribution is 2.22. The van der Waals surface area contributed by atoms with Crippen molar-refractivity contribution in [3.05, 3.63) is 71.3 Å². The van der Waals surface area contributed by atoms with Crippen LogP contribution < -0.4 is 5.73 Å². The van der Waals surface area contributed by atoms with E-state index in [0.29, 0.717) is 13.0 Å². The van der Waals surface area contributed by atoms with Gasteiger partial charge in [0.1, 0.15) is 0 Å². The summed E-state index contributed by atoms with van der Waals surface area (Å²) in [5, 5.41) is 10.5. The van der Waals surface area contributed by atoms with Crippen LogP contribution in [0, 0.1) is 0 Å². The average Bonchev–Trinajstić information content (AvgIpc) is 2.70. The first kappa shape index (κ1) is 22.0. The summed E-state index contributed by atoms with van der Waals surface area (Å²) >= 11 is 0. The molecule has 0 aromatic heterocycles. The van der Waals surface area contributed by atoms with Crippen LogP contribution in [0.2, 0.25) is 0 Å². The zero-order valence-corrected chi connectivity index (χ0v) is 18.2. The zero-order chi connectivity index (χ0) is 20.9. The molecule has 0 bridgehead atoms. The summed E-state index contributed by atoms with van der Waals surface area (Å²) in [6.07, 6.45) is 0.221. The second-order valence-electron chi connectivity index (χ2n) is 9.44. The predicted molar refractivity (Wildman–Crippen MR) is 121 cm³/mol. The van der Waals surface area contributed by atoms with Gasteiger partial charge in [-0.3, -0.25) is 9.80 Å². The van der Waals surface area contributed by atoms with Gasteiger partial charge in [0, 0.05) is 45.3 Å². The van der Waals surface area contributed by atoms with E-state index in [1.807, 2.05) is 18.2 Å². The fraction of sp³-hybridized carbons (Fsp3) is 0.520. The van der Waals surface area contributed by atoms with E-state index in [2.05, 4.69) is 67.0 Å². The quantitative estimate of drug-likeness (QED) is 0.757. The zero-order valence-electron chi connectivity index (χ0n) is 18.2. The molecule has 2 atom stereocenters. The molecule has 29 heavy (non-hydrogen) atoms. The van der Waals surface area contributed by atoms with Crippen molar-refractivity contribution in [2.45, 2.75) is 51.3 Å². The molecule has 1 fully saturated rings. The highest BCUT2D eigenvalue weighted by molar-refractivity contribution is 5.27. The van der Waals surface area contributed by atoms with Crippen LogP contribution in [0.25, 0.3) is 0 Å². The largest absolute Gasteiger partial charge is 0.390 e. The Morgan fingerprint density at radius 3 is 2.03 bits per heavy atom. The van der Waals surface area contributed by atoms with Crippen LogP contribution in [-0.2, 0) is 18.4 Å². The van der Waals surface area contributed by atoms with Gasteiger partial charge < -0.3 is 10.8 Å². The normalized spacial score (nSPS) is 18.5. The van der Waals surface area contributed by atoms with Gasteiger partial charge in [-0.2, -0.15) is 0 Å². The molecule has 158 valence electrons.